The van der Waals surface area contributed by atoms with Crippen LogP contribution in [0.4, 0.5) is 0 Å². The minimum Gasteiger partial charge on any atom is -0.508 e. The van der Waals surface area contributed by atoms with Crippen molar-refractivity contribution in [1.82, 2.24) is 5.16 Å². The molecular formula is C10H10N2O3. The van der Waals surface area contributed by atoms with Crippen LogP contribution in [0.25, 0.3) is 11.3 Å². The summed E-state index contributed by atoms with van der Waals surface area (Å²) in [6.07, 6.45) is -1.16. The molecule has 0 spiro atoms. The lowest BCUT2D eigenvalue weighted by Crippen LogP contribution is -2.06. The van der Waals surface area contributed by atoms with E-state index in [4.69, 9.17) is 20.5 Å². The van der Waals surface area contributed by atoms with Crippen molar-refractivity contribution in [2.24, 2.45) is 5.73 Å². The number of nitrogens with zero attached hydrogens (tertiary/aromatic N) is 1. The molecule has 0 bridgehead atoms. The maximum atomic E-state index is 9.09. The lowest BCUT2D eigenvalue weighted by molar-refractivity contribution is 0.146. The number of aliphatic hydroxyl groups is 1. The van der Waals surface area contributed by atoms with Gasteiger partial charge < -0.3 is 14.7 Å². The van der Waals surface area contributed by atoms with E-state index in [0.29, 0.717) is 5.69 Å². The van der Waals surface area contributed by atoms with Crippen molar-refractivity contribution in [3.05, 3.63) is 36.1 Å². The maximum absolute atomic E-state index is 9.09. The van der Waals surface area contributed by atoms with Gasteiger partial charge in [-0.05, 0) is 24.3 Å². The average molecular weight is 206 g/mol. The van der Waals surface area contributed by atoms with Gasteiger partial charge in [-0.1, -0.05) is 5.16 Å². The van der Waals surface area contributed by atoms with E-state index in [0.717, 1.165) is 5.56 Å². The molecule has 0 aliphatic carbocycles. The lowest BCUT2D eigenvalue weighted by Gasteiger charge is -1.95. The van der Waals surface area contributed by atoms with Crippen LogP contribution in [-0.4, -0.2) is 15.4 Å². The number of hydrogen-bond donors (Lipinski definition) is 3. The SMILES string of the molecule is NC(O)c1cc(-c2ccc(O)cc2)no1. The van der Waals surface area contributed by atoms with E-state index in [9.17, 15) is 0 Å². The Bertz CT molecular complexity index is 448. The summed E-state index contributed by atoms with van der Waals surface area (Å²) in [5.74, 6) is 0.388. The molecule has 0 saturated heterocycles. The highest BCUT2D eigenvalue weighted by Crippen LogP contribution is 2.22. The zero-order valence-electron chi connectivity index (χ0n) is 7.79. The first-order chi connectivity index (χ1) is 7.16. The van der Waals surface area contributed by atoms with Crippen molar-refractivity contribution in [3.63, 3.8) is 0 Å². The van der Waals surface area contributed by atoms with Crippen LogP contribution in [0.1, 0.15) is 12.0 Å². The summed E-state index contributed by atoms with van der Waals surface area (Å²) in [6.45, 7) is 0. The Labute approximate surface area is 85.7 Å². The Morgan fingerprint density at radius 1 is 1.27 bits per heavy atom. The Hall–Kier alpha value is -1.85. The van der Waals surface area contributed by atoms with Gasteiger partial charge >= 0.3 is 0 Å². The van der Waals surface area contributed by atoms with Gasteiger partial charge in [0.25, 0.3) is 0 Å². The number of nitrogens with two attached hydrogens (primary N) is 1. The predicted octanol–water partition coefficient (Wildman–Crippen LogP) is 0.997. The van der Waals surface area contributed by atoms with E-state index in [2.05, 4.69) is 5.16 Å². The summed E-state index contributed by atoms with van der Waals surface area (Å²) in [7, 11) is 0. The standard InChI is InChI=1S/C10H10N2O3/c11-10(14)9-5-8(12-15-9)6-1-3-7(13)4-2-6/h1-5,10,13-14H,11H2. The molecule has 1 aromatic heterocycles. The number of rotatable bonds is 2. The first-order valence-corrected chi connectivity index (χ1v) is 4.36. The Morgan fingerprint density at radius 2 is 1.93 bits per heavy atom. The molecule has 1 atom stereocenters. The second-order valence-electron chi connectivity index (χ2n) is 3.11. The molecule has 0 amide bonds. The quantitative estimate of drug-likeness (QED) is 0.637. The molecule has 78 valence electrons. The molecule has 15 heavy (non-hydrogen) atoms. The van der Waals surface area contributed by atoms with E-state index in [1.165, 1.54) is 0 Å². The second kappa shape index (κ2) is 3.72. The Balaban J connectivity index is 2.33. The Kier molecular flexibility index (Phi) is 2.40. The number of benzene rings is 1. The molecule has 5 nitrogen and oxygen atoms in total. The van der Waals surface area contributed by atoms with Crippen LogP contribution in [0.15, 0.2) is 34.9 Å². The molecule has 1 heterocycles. The van der Waals surface area contributed by atoms with Gasteiger partial charge in [-0.15, -0.1) is 0 Å². The molecular weight excluding hydrogens is 196 g/mol. The van der Waals surface area contributed by atoms with Crippen LogP contribution in [0.3, 0.4) is 0 Å². The Morgan fingerprint density at radius 3 is 2.47 bits per heavy atom. The van der Waals surface area contributed by atoms with Gasteiger partial charge in [0, 0.05) is 11.6 Å². The predicted molar refractivity (Wildman–Crippen MR) is 52.8 cm³/mol. The van der Waals surface area contributed by atoms with Gasteiger partial charge in [-0.2, -0.15) is 0 Å². The normalized spacial score (nSPS) is 12.7. The average Bonchev–Trinajstić information content (AvgIpc) is 2.68. The van der Waals surface area contributed by atoms with Gasteiger partial charge in [0.15, 0.2) is 12.0 Å². The van der Waals surface area contributed by atoms with Crippen molar-refractivity contribution in [2.75, 3.05) is 0 Å². The van der Waals surface area contributed by atoms with Crippen molar-refractivity contribution in [3.8, 4) is 17.0 Å². The van der Waals surface area contributed by atoms with Gasteiger partial charge in [0.05, 0.1) is 0 Å². The summed E-state index contributed by atoms with van der Waals surface area (Å²) < 4.78 is 4.82. The first-order valence-electron chi connectivity index (χ1n) is 4.36. The van der Waals surface area contributed by atoms with Crippen molar-refractivity contribution in [1.29, 1.82) is 0 Å². The number of phenols is 1. The fraction of sp³-hybridized carbons (Fsp3) is 0.100. The van der Waals surface area contributed by atoms with Gasteiger partial charge in [-0.3, -0.25) is 5.73 Å². The van der Waals surface area contributed by atoms with Crippen LogP contribution in [0.5, 0.6) is 5.75 Å². The van der Waals surface area contributed by atoms with Crippen LogP contribution >= 0.6 is 0 Å². The van der Waals surface area contributed by atoms with Gasteiger partial charge in [0.1, 0.15) is 11.4 Å². The van der Waals surface area contributed by atoms with Gasteiger partial charge in [-0.25, -0.2) is 0 Å². The number of aliphatic hydroxyl groups excluding tert-OH is 1. The van der Waals surface area contributed by atoms with Crippen LogP contribution in [0, 0.1) is 0 Å². The monoisotopic (exact) mass is 206 g/mol. The van der Waals surface area contributed by atoms with Crippen molar-refractivity contribution >= 4 is 0 Å². The zero-order chi connectivity index (χ0) is 10.8. The number of aromatic nitrogens is 1. The van der Waals surface area contributed by atoms with E-state index in [1.54, 1.807) is 30.3 Å². The number of aromatic hydroxyl groups is 1. The molecule has 0 aliphatic heterocycles. The lowest BCUT2D eigenvalue weighted by atomic mass is 10.1. The number of hydrogen-bond acceptors (Lipinski definition) is 5. The van der Waals surface area contributed by atoms with Crippen LogP contribution in [-0.2, 0) is 0 Å². The molecule has 0 radical (unpaired) electrons. The molecule has 1 unspecified atom stereocenters. The molecule has 4 N–H and O–H groups in total. The first kappa shape index (κ1) is 9.70. The van der Waals surface area contributed by atoms with Crippen LogP contribution < -0.4 is 5.73 Å². The fourth-order valence-electron chi connectivity index (χ4n) is 1.20. The second-order valence-corrected chi connectivity index (χ2v) is 3.11. The molecule has 0 fully saturated rings. The zero-order valence-corrected chi connectivity index (χ0v) is 7.79. The summed E-state index contributed by atoms with van der Waals surface area (Å²) in [4.78, 5) is 0. The number of phenolic OH excluding ortho intramolecular Hbond substituents is 1. The largest absolute Gasteiger partial charge is 0.508 e. The van der Waals surface area contributed by atoms with E-state index < -0.39 is 6.23 Å². The molecule has 2 aromatic rings. The smallest absolute Gasteiger partial charge is 0.180 e. The highest BCUT2D eigenvalue weighted by Gasteiger charge is 2.10. The van der Waals surface area contributed by atoms with E-state index in [1.807, 2.05) is 0 Å². The molecule has 1 aromatic carbocycles. The summed E-state index contributed by atoms with van der Waals surface area (Å²) in [5.41, 5.74) is 6.56. The fourth-order valence-corrected chi connectivity index (χ4v) is 1.20. The maximum Gasteiger partial charge on any atom is 0.180 e. The van der Waals surface area contributed by atoms with E-state index in [-0.39, 0.29) is 11.5 Å². The van der Waals surface area contributed by atoms with Crippen LogP contribution in [0.2, 0.25) is 0 Å². The topological polar surface area (TPSA) is 92.5 Å². The van der Waals surface area contributed by atoms with Crippen molar-refractivity contribution in [2.45, 2.75) is 6.23 Å². The molecule has 2 rings (SSSR count). The van der Waals surface area contributed by atoms with Gasteiger partial charge in [0.2, 0.25) is 0 Å². The summed E-state index contributed by atoms with van der Waals surface area (Å²) >= 11 is 0. The molecule has 5 heteroatoms. The third-order valence-electron chi connectivity index (χ3n) is 1.98. The molecule has 0 aliphatic rings. The summed E-state index contributed by atoms with van der Waals surface area (Å²) in [5, 5.41) is 21.9. The minimum atomic E-state index is -1.16. The van der Waals surface area contributed by atoms with Crippen molar-refractivity contribution < 1.29 is 14.7 Å². The highest BCUT2D eigenvalue weighted by atomic mass is 16.5. The minimum absolute atomic E-state index is 0.182. The highest BCUT2D eigenvalue weighted by molar-refractivity contribution is 5.59. The summed E-state index contributed by atoms with van der Waals surface area (Å²) in [6, 6.07) is 8.03. The molecule has 0 saturated carbocycles. The third-order valence-corrected chi connectivity index (χ3v) is 1.98. The third kappa shape index (κ3) is 1.98. The van der Waals surface area contributed by atoms with E-state index >= 15 is 0 Å².